The highest BCUT2D eigenvalue weighted by molar-refractivity contribution is 5.89. The Hall–Kier alpha value is -3.14. The molecular formula is C20H21N5O2. The molecular weight excluding hydrogens is 342 g/mol. The number of aromatic nitrogens is 2. The Morgan fingerprint density at radius 2 is 2.11 bits per heavy atom. The largest absolute Gasteiger partial charge is 0.441 e. The van der Waals surface area contributed by atoms with Crippen LogP contribution in [0.15, 0.2) is 42.7 Å². The van der Waals surface area contributed by atoms with Crippen LogP contribution in [0.25, 0.3) is 0 Å². The van der Waals surface area contributed by atoms with Crippen LogP contribution in [-0.2, 0) is 4.74 Å². The molecule has 2 fully saturated rings. The van der Waals surface area contributed by atoms with Gasteiger partial charge in [0, 0.05) is 12.7 Å². The highest BCUT2D eigenvalue weighted by atomic mass is 16.6. The highest BCUT2D eigenvalue weighted by Crippen LogP contribution is 2.40. The van der Waals surface area contributed by atoms with Crippen molar-refractivity contribution >= 4 is 17.6 Å². The molecule has 1 spiro atoms. The number of nitriles is 1. The molecule has 1 aliphatic carbocycles. The summed E-state index contributed by atoms with van der Waals surface area (Å²) in [5, 5.41) is 12.2. The van der Waals surface area contributed by atoms with Gasteiger partial charge in [-0.2, -0.15) is 5.26 Å². The van der Waals surface area contributed by atoms with E-state index < -0.39 is 0 Å². The van der Waals surface area contributed by atoms with E-state index in [1.54, 1.807) is 23.4 Å². The Balaban J connectivity index is 1.31. The molecule has 1 saturated heterocycles. The van der Waals surface area contributed by atoms with Crippen LogP contribution in [0.5, 0.6) is 0 Å². The molecule has 2 aromatic heterocycles. The molecule has 1 N–H and O–H groups in total. The van der Waals surface area contributed by atoms with Crippen LogP contribution in [0.1, 0.15) is 31.4 Å². The molecule has 0 aromatic carbocycles. The summed E-state index contributed by atoms with van der Waals surface area (Å²) in [4.78, 5) is 22.3. The zero-order valence-electron chi connectivity index (χ0n) is 15.0. The van der Waals surface area contributed by atoms with Crippen LogP contribution < -0.4 is 10.2 Å². The van der Waals surface area contributed by atoms with Crippen LogP contribution in [-0.4, -0.2) is 34.8 Å². The smallest absolute Gasteiger partial charge is 0.416 e. The average Bonchev–Trinajstić information content (AvgIpc) is 3.04. The van der Waals surface area contributed by atoms with Gasteiger partial charge >= 0.3 is 6.09 Å². The van der Waals surface area contributed by atoms with Gasteiger partial charge in [-0.3, -0.25) is 4.90 Å². The first-order chi connectivity index (χ1) is 13.2. The summed E-state index contributed by atoms with van der Waals surface area (Å²) in [6.07, 6.45) is 6.80. The van der Waals surface area contributed by atoms with E-state index in [1.807, 2.05) is 30.3 Å². The summed E-state index contributed by atoms with van der Waals surface area (Å²) in [6.45, 7) is 1.42. The molecule has 1 saturated carbocycles. The summed E-state index contributed by atoms with van der Waals surface area (Å²) in [5.41, 5.74) is 0.949. The number of hydrogen-bond acceptors (Lipinski definition) is 6. The fourth-order valence-corrected chi connectivity index (χ4v) is 3.81. The molecule has 7 nitrogen and oxygen atoms in total. The normalized spacial score (nSPS) is 24.5. The van der Waals surface area contributed by atoms with E-state index in [4.69, 9.17) is 10.00 Å². The number of carbonyl (C=O) groups excluding carboxylic acids is 1. The lowest BCUT2D eigenvalue weighted by atomic mass is 9.78. The van der Waals surface area contributed by atoms with Gasteiger partial charge in [0.05, 0.1) is 18.4 Å². The van der Waals surface area contributed by atoms with Crippen molar-refractivity contribution in [2.24, 2.45) is 5.92 Å². The van der Waals surface area contributed by atoms with E-state index in [-0.39, 0.29) is 11.7 Å². The van der Waals surface area contributed by atoms with Crippen molar-refractivity contribution in [2.45, 2.75) is 31.3 Å². The van der Waals surface area contributed by atoms with Gasteiger partial charge in [-0.1, -0.05) is 6.07 Å². The molecule has 4 rings (SSSR count). The summed E-state index contributed by atoms with van der Waals surface area (Å²) in [6, 6.07) is 11.1. The van der Waals surface area contributed by atoms with E-state index in [0.717, 1.165) is 37.9 Å². The molecule has 0 atom stereocenters. The Kier molecular flexibility index (Phi) is 4.63. The molecule has 27 heavy (non-hydrogen) atoms. The summed E-state index contributed by atoms with van der Waals surface area (Å²) >= 11 is 0. The Labute approximate surface area is 158 Å². The lowest BCUT2D eigenvalue weighted by molar-refractivity contribution is 0.0148. The molecule has 0 radical (unpaired) electrons. The highest BCUT2D eigenvalue weighted by Gasteiger charge is 2.47. The minimum atomic E-state index is -0.388. The molecule has 0 unspecified atom stereocenters. The second-order valence-electron chi connectivity index (χ2n) is 7.19. The number of rotatable bonds is 4. The predicted molar refractivity (Wildman–Crippen MR) is 100 cm³/mol. The van der Waals surface area contributed by atoms with Gasteiger partial charge < -0.3 is 10.1 Å². The third-order valence-corrected chi connectivity index (χ3v) is 5.39. The van der Waals surface area contributed by atoms with Crippen LogP contribution in [0, 0.1) is 17.2 Å². The summed E-state index contributed by atoms with van der Waals surface area (Å²) in [7, 11) is 0. The van der Waals surface area contributed by atoms with Crippen LogP contribution in [0.4, 0.5) is 16.3 Å². The van der Waals surface area contributed by atoms with Crippen molar-refractivity contribution in [2.75, 3.05) is 23.3 Å². The summed E-state index contributed by atoms with van der Waals surface area (Å²) < 4.78 is 5.78. The van der Waals surface area contributed by atoms with Gasteiger partial charge in [0.2, 0.25) is 0 Å². The van der Waals surface area contributed by atoms with Crippen molar-refractivity contribution < 1.29 is 9.53 Å². The second kappa shape index (κ2) is 7.23. The number of ether oxygens (including phenoxy) is 1. The number of carbonyl (C=O) groups is 1. The molecule has 3 heterocycles. The fraction of sp³-hybridized carbons (Fsp3) is 0.400. The zero-order valence-corrected chi connectivity index (χ0v) is 15.0. The molecule has 2 aliphatic rings. The first-order valence-corrected chi connectivity index (χ1v) is 9.19. The van der Waals surface area contributed by atoms with Crippen LogP contribution in [0.2, 0.25) is 0 Å². The van der Waals surface area contributed by atoms with E-state index in [2.05, 4.69) is 15.3 Å². The minimum Gasteiger partial charge on any atom is -0.441 e. The van der Waals surface area contributed by atoms with Gasteiger partial charge in [-0.05, 0) is 55.9 Å². The fourth-order valence-electron chi connectivity index (χ4n) is 3.81. The van der Waals surface area contributed by atoms with Crippen molar-refractivity contribution in [1.82, 2.24) is 9.97 Å². The Bertz CT molecular complexity index is 839. The van der Waals surface area contributed by atoms with Gasteiger partial charge in [-0.25, -0.2) is 14.8 Å². The quantitative estimate of drug-likeness (QED) is 0.896. The number of nitrogens with one attached hydrogen (secondary N) is 1. The number of anilines is 2. The Morgan fingerprint density at radius 3 is 2.78 bits per heavy atom. The first kappa shape index (κ1) is 17.3. The molecule has 0 bridgehead atoms. The molecule has 1 amide bonds. The average molecular weight is 363 g/mol. The van der Waals surface area contributed by atoms with E-state index >= 15 is 0 Å². The Morgan fingerprint density at radius 1 is 1.26 bits per heavy atom. The van der Waals surface area contributed by atoms with Crippen molar-refractivity contribution in [3.05, 3.63) is 48.4 Å². The topological polar surface area (TPSA) is 91.1 Å². The predicted octanol–water partition coefficient (Wildman–Crippen LogP) is 3.35. The van der Waals surface area contributed by atoms with Crippen molar-refractivity contribution in [3.63, 3.8) is 0 Å². The van der Waals surface area contributed by atoms with Crippen LogP contribution in [0.3, 0.4) is 0 Å². The van der Waals surface area contributed by atoms with E-state index in [9.17, 15) is 4.79 Å². The maximum atomic E-state index is 12.3. The SMILES string of the molecule is N#Cc1ccc(NC[C@H]2CC[C@]3(CC2)CN(c2ccccn2)C(=O)O3)cn1. The monoisotopic (exact) mass is 363 g/mol. The van der Waals surface area contributed by atoms with Crippen LogP contribution >= 0.6 is 0 Å². The number of amides is 1. The number of hydrogen-bond donors (Lipinski definition) is 1. The lowest BCUT2D eigenvalue weighted by Crippen LogP contribution is -2.39. The van der Waals surface area contributed by atoms with Gasteiger partial charge in [0.1, 0.15) is 23.2 Å². The maximum Gasteiger partial charge on any atom is 0.416 e. The van der Waals surface area contributed by atoms with Crippen molar-refractivity contribution in [3.8, 4) is 6.07 Å². The standard InChI is InChI=1S/C20H21N5O2/c21-11-16-4-5-17(13-24-16)23-12-15-6-8-20(9-7-15)14-25(19(26)27-20)18-3-1-2-10-22-18/h1-5,10,13,15,23H,6-9,12,14H2/t15-,20-. The van der Waals surface area contributed by atoms with E-state index in [1.165, 1.54) is 0 Å². The van der Waals surface area contributed by atoms with Gasteiger partial charge in [0.25, 0.3) is 0 Å². The second-order valence-corrected chi connectivity index (χ2v) is 7.19. The van der Waals surface area contributed by atoms with E-state index in [0.29, 0.717) is 24.0 Å². The minimum absolute atomic E-state index is 0.297. The lowest BCUT2D eigenvalue weighted by Gasteiger charge is -2.35. The summed E-state index contributed by atoms with van der Waals surface area (Å²) in [5.74, 6) is 1.17. The maximum absolute atomic E-state index is 12.3. The van der Waals surface area contributed by atoms with Crippen molar-refractivity contribution in [1.29, 1.82) is 5.26 Å². The molecule has 7 heteroatoms. The van der Waals surface area contributed by atoms with Gasteiger partial charge in [0.15, 0.2) is 0 Å². The van der Waals surface area contributed by atoms with Gasteiger partial charge in [-0.15, -0.1) is 0 Å². The number of pyridine rings is 2. The number of nitrogens with zero attached hydrogens (tertiary/aromatic N) is 4. The molecule has 2 aromatic rings. The zero-order chi connectivity index (χ0) is 18.7. The molecule has 138 valence electrons. The first-order valence-electron chi connectivity index (χ1n) is 9.19. The molecule has 1 aliphatic heterocycles. The third-order valence-electron chi connectivity index (χ3n) is 5.39. The third kappa shape index (κ3) is 3.70.